The van der Waals surface area contributed by atoms with Gasteiger partial charge in [0.1, 0.15) is 11.5 Å². The first kappa shape index (κ1) is 21.0. The summed E-state index contributed by atoms with van der Waals surface area (Å²) in [6, 6.07) is 5.55. The van der Waals surface area contributed by atoms with Crippen molar-refractivity contribution < 1.29 is 28.7 Å². The van der Waals surface area contributed by atoms with Crippen LogP contribution in [0.25, 0.3) is 6.08 Å². The lowest BCUT2D eigenvalue weighted by Gasteiger charge is -2.10. The summed E-state index contributed by atoms with van der Waals surface area (Å²) in [4.78, 5) is 23.4. The minimum Gasteiger partial charge on any atom is -0.496 e. The summed E-state index contributed by atoms with van der Waals surface area (Å²) in [5, 5.41) is 11.6. The molecule has 0 radical (unpaired) electrons. The van der Waals surface area contributed by atoms with E-state index in [1.54, 1.807) is 0 Å². The Labute approximate surface area is 166 Å². The summed E-state index contributed by atoms with van der Waals surface area (Å²) >= 11 is 6.08. The molecular formula is C19H18ClNO7. The molecule has 0 saturated carbocycles. The Morgan fingerprint density at radius 3 is 2.04 bits per heavy atom. The number of nitrogens with zero attached hydrogens (tertiary/aromatic N) is 1. The number of ether oxygens (including phenoxy) is 4. The second-order valence-electron chi connectivity index (χ2n) is 5.41. The minimum atomic E-state index is -0.572. The highest BCUT2D eigenvalue weighted by Gasteiger charge is 2.19. The second-order valence-corrected chi connectivity index (χ2v) is 5.81. The average Bonchev–Trinajstić information content (AvgIpc) is 2.70. The molecule has 0 amide bonds. The number of hydrogen-bond acceptors (Lipinski definition) is 7. The van der Waals surface area contributed by atoms with Gasteiger partial charge in [0.2, 0.25) is 0 Å². The van der Waals surface area contributed by atoms with Gasteiger partial charge in [0.05, 0.1) is 55.6 Å². The van der Waals surface area contributed by atoms with Crippen molar-refractivity contribution in [1.29, 1.82) is 0 Å². The predicted molar refractivity (Wildman–Crippen MR) is 104 cm³/mol. The molecule has 0 spiro atoms. The smallest absolute Gasteiger partial charge is 0.280 e. The monoisotopic (exact) mass is 407 g/mol. The molecule has 9 heteroatoms. The van der Waals surface area contributed by atoms with Gasteiger partial charge in [0, 0.05) is 6.07 Å². The van der Waals surface area contributed by atoms with Crippen molar-refractivity contribution in [2.24, 2.45) is 0 Å². The van der Waals surface area contributed by atoms with Crippen LogP contribution in [0.5, 0.6) is 23.0 Å². The molecule has 8 nitrogen and oxygen atoms in total. The van der Waals surface area contributed by atoms with Crippen molar-refractivity contribution in [1.82, 2.24) is 0 Å². The summed E-state index contributed by atoms with van der Waals surface area (Å²) in [5.41, 5.74) is 0.128. The Morgan fingerprint density at radius 1 is 0.929 bits per heavy atom. The van der Waals surface area contributed by atoms with Gasteiger partial charge in [-0.2, -0.15) is 0 Å². The number of nitro benzene ring substituents is 1. The fraction of sp³-hybridized carbons (Fsp3) is 0.211. The molecule has 0 N–H and O–H groups in total. The maximum absolute atomic E-state index is 12.6. The Kier molecular flexibility index (Phi) is 6.84. The summed E-state index contributed by atoms with van der Waals surface area (Å²) in [7, 11) is 5.63. The third kappa shape index (κ3) is 4.34. The summed E-state index contributed by atoms with van der Waals surface area (Å²) < 4.78 is 20.5. The van der Waals surface area contributed by atoms with Gasteiger partial charge < -0.3 is 18.9 Å². The highest BCUT2D eigenvalue weighted by molar-refractivity contribution is 6.32. The van der Waals surface area contributed by atoms with Crippen LogP contribution in [0.2, 0.25) is 5.02 Å². The molecule has 0 aliphatic carbocycles. The van der Waals surface area contributed by atoms with Crippen LogP contribution >= 0.6 is 11.6 Å². The van der Waals surface area contributed by atoms with E-state index in [0.29, 0.717) is 11.5 Å². The quantitative estimate of drug-likeness (QED) is 0.280. The van der Waals surface area contributed by atoms with Crippen LogP contribution in [0.15, 0.2) is 30.3 Å². The zero-order valence-corrected chi connectivity index (χ0v) is 16.4. The number of rotatable bonds is 8. The van der Waals surface area contributed by atoms with Crippen molar-refractivity contribution in [3.8, 4) is 23.0 Å². The van der Waals surface area contributed by atoms with Gasteiger partial charge in [0.15, 0.2) is 17.3 Å². The maximum Gasteiger partial charge on any atom is 0.280 e. The van der Waals surface area contributed by atoms with Crippen molar-refractivity contribution in [2.45, 2.75) is 0 Å². The molecule has 0 heterocycles. The number of carbonyl (C=O) groups is 1. The van der Waals surface area contributed by atoms with Gasteiger partial charge in [-0.25, -0.2) is 0 Å². The van der Waals surface area contributed by atoms with E-state index in [0.717, 1.165) is 0 Å². The Balaban J connectivity index is 2.47. The second kappa shape index (κ2) is 9.09. The first-order chi connectivity index (χ1) is 13.4. The lowest BCUT2D eigenvalue weighted by Crippen LogP contribution is -2.01. The van der Waals surface area contributed by atoms with Crippen LogP contribution in [-0.4, -0.2) is 39.1 Å². The average molecular weight is 408 g/mol. The van der Waals surface area contributed by atoms with E-state index < -0.39 is 10.7 Å². The molecule has 2 aromatic carbocycles. The molecule has 0 saturated heterocycles. The van der Waals surface area contributed by atoms with E-state index in [1.807, 2.05) is 0 Å². The molecule has 0 aromatic heterocycles. The lowest BCUT2D eigenvalue weighted by molar-refractivity contribution is -0.385. The number of benzene rings is 2. The molecule has 0 unspecified atom stereocenters. The van der Waals surface area contributed by atoms with Gasteiger partial charge in [-0.1, -0.05) is 11.6 Å². The van der Waals surface area contributed by atoms with Crippen molar-refractivity contribution in [3.63, 3.8) is 0 Å². The molecule has 2 rings (SSSR count). The third-order valence-electron chi connectivity index (χ3n) is 3.88. The molecule has 148 valence electrons. The number of hydrogen-bond donors (Lipinski definition) is 0. The Morgan fingerprint density at radius 2 is 1.50 bits per heavy atom. The van der Waals surface area contributed by atoms with E-state index in [-0.39, 0.29) is 33.3 Å². The molecule has 0 aliphatic rings. The highest BCUT2D eigenvalue weighted by Crippen LogP contribution is 2.36. The highest BCUT2D eigenvalue weighted by atomic mass is 35.5. The largest absolute Gasteiger partial charge is 0.496 e. The molecule has 2 aromatic rings. The van der Waals surface area contributed by atoms with Crippen LogP contribution in [-0.2, 0) is 0 Å². The zero-order chi connectivity index (χ0) is 20.8. The first-order valence-electron chi connectivity index (χ1n) is 7.90. The van der Waals surface area contributed by atoms with E-state index in [9.17, 15) is 14.9 Å². The normalized spacial score (nSPS) is 10.6. The first-order valence-corrected chi connectivity index (χ1v) is 8.28. The number of ketones is 1. The number of halogens is 1. The number of carbonyl (C=O) groups excluding carboxylic acids is 1. The van der Waals surface area contributed by atoms with Crippen LogP contribution in [0, 0.1) is 10.1 Å². The molecule has 0 bridgehead atoms. The fourth-order valence-corrected chi connectivity index (χ4v) is 2.72. The van der Waals surface area contributed by atoms with Crippen LogP contribution < -0.4 is 18.9 Å². The van der Waals surface area contributed by atoms with Crippen molar-refractivity contribution >= 4 is 29.1 Å². The van der Waals surface area contributed by atoms with Gasteiger partial charge in [-0.3, -0.25) is 14.9 Å². The maximum atomic E-state index is 12.6. The van der Waals surface area contributed by atoms with Gasteiger partial charge in [0.25, 0.3) is 5.69 Å². The van der Waals surface area contributed by atoms with Gasteiger partial charge in [-0.15, -0.1) is 0 Å². The molecule has 0 atom stereocenters. The van der Waals surface area contributed by atoms with Crippen molar-refractivity contribution in [3.05, 3.63) is 56.6 Å². The van der Waals surface area contributed by atoms with E-state index in [1.165, 1.54) is 64.9 Å². The third-order valence-corrected chi connectivity index (χ3v) is 4.18. The van der Waals surface area contributed by atoms with E-state index in [4.69, 9.17) is 30.5 Å². The minimum absolute atomic E-state index is 0.176. The topological polar surface area (TPSA) is 97.1 Å². The van der Waals surface area contributed by atoms with Gasteiger partial charge >= 0.3 is 0 Å². The standard InChI is InChI=1S/C19H18ClNO7/c1-25-16-10-17(26-2)13(20)8-12(16)15(22)6-5-11-7-18(27-3)19(28-4)9-14(11)21(23)24/h5-10H,1-4H3/b6-5+. The van der Waals surface area contributed by atoms with Crippen LogP contribution in [0.3, 0.4) is 0 Å². The van der Waals surface area contributed by atoms with E-state index in [2.05, 4.69) is 0 Å². The summed E-state index contributed by atoms with van der Waals surface area (Å²) in [6.45, 7) is 0. The Bertz CT molecular complexity index is 940. The zero-order valence-electron chi connectivity index (χ0n) is 15.6. The summed E-state index contributed by atoms with van der Waals surface area (Å²) in [5.74, 6) is 0.671. The molecular weight excluding hydrogens is 390 g/mol. The predicted octanol–water partition coefficient (Wildman–Crippen LogP) is 4.18. The molecule has 28 heavy (non-hydrogen) atoms. The lowest BCUT2D eigenvalue weighted by atomic mass is 10.1. The van der Waals surface area contributed by atoms with Gasteiger partial charge in [-0.05, 0) is 24.3 Å². The molecule has 0 fully saturated rings. The van der Waals surface area contributed by atoms with Crippen LogP contribution in [0.4, 0.5) is 5.69 Å². The SMILES string of the molecule is COc1cc(OC)c(C(=O)/C=C/c2cc(OC)c(OC)cc2[N+](=O)[O-])cc1Cl. The molecule has 0 aliphatic heterocycles. The number of nitro groups is 1. The number of allylic oxidation sites excluding steroid dienone is 1. The van der Waals surface area contributed by atoms with Crippen molar-refractivity contribution in [2.75, 3.05) is 28.4 Å². The van der Waals surface area contributed by atoms with Crippen LogP contribution in [0.1, 0.15) is 15.9 Å². The number of methoxy groups -OCH3 is 4. The summed E-state index contributed by atoms with van der Waals surface area (Å²) in [6.07, 6.45) is 2.51. The fourth-order valence-electron chi connectivity index (χ4n) is 2.48. The van der Waals surface area contributed by atoms with E-state index >= 15 is 0 Å². The Hall–Kier alpha value is -3.26.